The molecule has 1 N–H and O–H groups in total. The number of ether oxygens (including phenoxy) is 1. The summed E-state index contributed by atoms with van der Waals surface area (Å²) in [5.41, 5.74) is 2.06. The van der Waals surface area contributed by atoms with Gasteiger partial charge in [0, 0.05) is 5.69 Å². The first-order chi connectivity index (χ1) is 7.92. The number of rotatable bonds is 3. The molecule has 3 rings (SSSR count). The van der Waals surface area contributed by atoms with Crippen LogP contribution in [0.4, 0.5) is 5.69 Å². The lowest BCUT2D eigenvalue weighted by atomic mass is 10.2. The van der Waals surface area contributed by atoms with Gasteiger partial charge < -0.3 is 10.1 Å². The van der Waals surface area contributed by atoms with Gasteiger partial charge in [0.15, 0.2) is 0 Å². The summed E-state index contributed by atoms with van der Waals surface area (Å²) in [6.07, 6.45) is 3.33. The third-order valence-corrected chi connectivity index (χ3v) is 2.53. The Balaban J connectivity index is 1.74. The van der Waals surface area contributed by atoms with Gasteiger partial charge in [-0.15, -0.1) is 0 Å². The Morgan fingerprint density at radius 3 is 2.38 bits per heavy atom. The predicted octanol–water partition coefficient (Wildman–Crippen LogP) is 1.08. The molecule has 1 aliphatic rings. The van der Waals surface area contributed by atoms with E-state index in [-0.39, 0.29) is 0 Å². The minimum absolute atomic E-state index is 0.452. The zero-order valence-corrected chi connectivity index (χ0v) is 8.71. The topological polar surface area (TPSA) is 52.0 Å². The van der Waals surface area contributed by atoms with Crippen LogP contribution < -0.4 is 5.32 Å². The van der Waals surface area contributed by atoms with E-state index in [1.807, 2.05) is 24.3 Å². The number of anilines is 1. The second-order valence-corrected chi connectivity index (χ2v) is 3.74. The minimum Gasteiger partial charge on any atom is -0.378 e. The Kier molecular flexibility index (Phi) is 2.30. The summed E-state index contributed by atoms with van der Waals surface area (Å²) >= 11 is 0. The van der Waals surface area contributed by atoms with E-state index in [0.29, 0.717) is 6.04 Å². The molecule has 1 fully saturated rings. The molecule has 0 saturated carbocycles. The van der Waals surface area contributed by atoms with Crippen LogP contribution in [-0.4, -0.2) is 34.2 Å². The molecule has 1 saturated heterocycles. The lowest BCUT2D eigenvalue weighted by Gasteiger charge is -2.27. The SMILES string of the molecule is c1cnn(-c2ccc(NC3COC3)cc2)n1. The fourth-order valence-electron chi connectivity index (χ4n) is 1.59. The summed E-state index contributed by atoms with van der Waals surface area (Å²) < 4.78 is 5.10. The molecule has 0 amide bonds. The van der Waals surface area contributed by atoms with Crippen LogP contribution in [0.5, 0.6) is 0 Å². The van der Waals surface area contributed by atoms with Crippen molar-refractivity contribution < 1.29 is 4.74 Å². The fourth-order valence-corrected chi connectivity index (χ4v) is 1.59. The van der Waals surface area contributed by atoms with Crippen molar-refractivity contribution in [3.63, 3.8) is 0 Å². The molecule has 1 aliphatic heterocycles. The van der Waals surface area contributed by atoms with Crippen molar-refractivity contribution in [2.24, 2.45) is 0 Å². The van der Waals surface area contributed by atoms with Gasteiger partial charge in [0.2, 0.25) is 0 Å². The second-order valence-electron chi connectivity index (χ2n) is 3.74. The van der Waals surface area contributed by atoms with Crippen LogP contribution in [0.3, 0.4) is 0 Å². The van der Waals surface area contributed by atoms with E-state index < -0.39 is 0 Å². The highest BCUT2D eigenvalue weighted by Gasteiger charge is 2.17. The first-order valence-electron chi connectivity index (χ1n) is 5.23. The Bertz CT molecular complexity index is 447. The van der Waals surface area contributed by atoms with Gasteiger partial charge in [0.05, 0.1) is 37.3 Å². The second kappa shape index (κ2) is 3.94. The van der Waals surface area contributed by atoms with Crippen molar-refractivity contribution in [2.45, 2.75) is 6.04 Å². The first-order valence-corrected chi connectivity index (χ1v) is 5.23. The van der Waals surface area contributed by atoms with Crippen molar-refractivity contribution in [1.82, 2.24) is 15.0 Å². The van der Waals surface area contributed by atoms with Crippen molar-refractivity contribution >= 4 is 5.69 Å². The van der Waals surface area contributed by atoms with Gasteiger partial charge in [-0.05, 0) is 24.3 Å². The van der Waals surface area contributed by atoms with Gasteiger partial charge in [0.1, 0.15) is 0 Å². The molecular formula is C11H12N4O. The molecule has 0 radical (unpaired) electrons. The Labute approximate surface area is 93.0 Å². The molecule has 2 aromatic rings. The summed E-state index contributed by atoms with van der Waals surface area (Å²) in [6.45, 7) is 1.59. The molecule has 82 valence electrons. The molecule has 0 spiro atoms. The van der Waals surface area contributed by atoms with Crippen LogP contribution in [0.1, 0.15) is 0 Å². The maximum Gasteiger partial charge on any atom is 0.0858 e. The van der Waals surface area contributed by atoms with E-state index >= 15 is 0 Å². The molecule has 16 heavy (non-hydrogen) atoms. The van der Waals surface area contributed by atoms with Gasteiger partial charge in [-0.1, -0.05) is 0 Å². The fraction of sp³-hybridized carbons (Fsp3) is 0.273. The van der Waals surface area contributed by atoms with Gasteiger partial charge in [-0.25, -0.2) is 0 Å². The third kappa shape index (κ3) is 1.77. The summed E-state index contributed by atoms with van der Waals surface area (Å²) in [5.74, 6) is 0. The van der Waals surface area contributed by atoms with Crippen LogP contribution in [-0.2, 0) is 4.74 Å². The molecule has 0 bridgehead atoms. The number of nitrogens with one attached hydrogen (secondary N) is 1. The van der Waals surface area contributed by atoms with Crippen LogP contribution in [0.2, 0.25) is 0 Å². The predicted molar refractivity (Wildman–Crippen MR) is 59.6 cm³/mol. The summed E-state index contributed by atoms with van der Waals surface area (Å²) in [6, 6.07) is 8.48. The summed E-state index contributed by atoms with van der Waals surface area (Å²) in [4.78, 5) is 1.59. The third-order valence-electron chi connectivity index (χ3n) is 2.53. The van der Waals surface area contributed by atoms with Crippen LogP contribution in [0, 0.1) is 0 Å². The zero-order chi connectivity index (χ0) is 10.8. The van der Waals surface area contributed by atoms with Crippen molar-refractivity contribution in [3.05, 3.63) is 36.7 Å². The summed E-state index contributed by atoms with van der Waals surface area (Å²) in [7, 11) is 0. The molecule has 0 atom stereocenters. The summed E-state index contributed by atoms with van der Waals surface area (Å²) in [5, 5.41) is 11.5. The van der Waals surface area contributed by atoms with Crippen molar-refractivity contribution in [2.75, 3.05) is 18.5 Å². The lowest BCUT2D eigenvalue weighted by molar-refractivity contribution is 0.0211. The smallest absolute Gasteiger partial charge is 0.0858 e. The number of hydrogen-bond acceptors (Lipinski definition) is 4. The van der Waals surface area contributed by atoms with Crippen LogP contribution in [0.25, 0.3) is 5.69 Å². The molecule has 1 aromatic carbocycles. The Morgan fingerprint density at radius 1 is 1.12 bits per heavy atom. The average Bonchev–Trinajstić information content (AvgIpc) is 2.78. The normalized spacial score (nSPS) is 15.8. The van der Waals surface area contributed by atoms with E-state index in [4.69, 9.17) is 4.74 Å². The van der Waals surface area contributed by atoms with E-state index in [9.17, 15) is 0 Å². The highest BCUT2D eigenvalue weighted by Crippen LogP contribution is 2.15. The maximum atomic E-state index is 5.10. The monoisotopic (exact) mass is 216 g/mol. The zero-order valence-electron chi connectivity index (χ0n) is 8.71. The first kappa shape index (κ1) is 9.35. The molecule has 0 unspecified atom stereocenters. The standard InChI is InChI=1S/C11H12N4O/c1-3-11(15-12-5-6-13-15)4-2-9(1)14-10-7-16-8-10/h1-6,10,14H,7-8H2. The van der Waals surface area contributed by atoms with Gasteiger partial charge in [-0.3, -0.25) is 0 Å². The number of aromatic nitrogens is 3. The highest BCUT2D eigenvalue weighted by molar-refractivity contribution is 5.49. The van der Waals surface area contributed by atoms with E-state index in [1.165, 1.54) is 0 Å². The number of benzene rings is 1. The maximum absolute atomic E-state index is 5.10. The van der Waals surface area contributed by atoms with Crippen molar-refractivity contribution in [1.29, 1.82) is 0 Å². The molecule has 5 heteroatoms. The quantitative estimate of drug-likeness (QED) is 0.834. The number of hydrogen-bond donors (Lipinski definition) is 1. The molecular weight excluding hydrogens is 204 g/mol. The Morgan fingerprint density at radius 2 is 1.81 bits per heavy atom. The van der Waals surface area contributed by atoms with E-state index in [2.05, 4.69) is 15.5 Å². The lowest BCUT2D eigenvalue weighted by Crippen LogP contribution is -2.40. The molecule has 5 nitrogen and oxygen atoms in total. The van der Waals surface area contributed by atoms with Gasteiger partial charge in [-0.2, -0.15) is 15.0 Å². The number of nitrogens with zero attached hydrogens (tertiary/aromatic N) is 3. The largest absolute Gasteiger partial charge is 0.378 e. The van der Waals surface area contributed by atoms with Gasteiger partial charge in [0.25, 0.3) is 0 Å². The average molecular weight is 216 g/mol. The van der Waals surface area contributed by atoms with Gasteiger partial charge >= 0.3 is 0 Å². The van der Waals surface area contributed by atoms with Crippen molar-refractivity contribution in [3.8, 4) is 5.69 Å². The van der Waals surface area contributed by atoms with E-state index in [0.717, 1.165) is 24.6 Å². The van der Waals surface area contributed by atoms with E-state index in [1.54, 1.807) is 17.2 Å². The molecule has 2 heterocycles. The van der Waals surface area contributed by atoms with Crippen LogP contribution in [0.15, 0.2) is 36.7 Å². The molecule has 0 aliphatic carbocycles. The highest BCUT2D eigenvalue weighted by atomic mass is 16.5. The molecule has 1 aromatic heterocycles. The minimum atomic E-state index is 0.452. The Hall–Kier alpha value is -1.88. The van der Waals surface area contributed by atoms with Crippen LogP contribution >= 0.6 is 0 Å².